The number of benzene rings is 3. The van der Waals surface area contributed by atoms with Crippen molar-refractivity contribution in [2.24, 2.45) is 11.8 Å². The van der Waals surface area contributed by atoms with Crippen LogP contribution in [-0.4, -0.2) is 28.1 Å². The van der Waals surface area contributed by atoms with Gasteiger partial charge in [-0.2, -0.15) is 0 Å². The van der Waals surface area contributed by atoms with E-state index in [1.807, 2.05) is 30.3 Å². The molecule has 1 saturated heterocycles. The summed E-state index contributed by atoms with van der Waals surface area (Å²) in [5, 5.41) is 5.48. The van der Waals surface area contributed by atoms with Crippen LogP contribution in [0.3, 0.4) is 0 Å². The minimum Gasteiger partial charge on any atom is -0.317 e. The first-order valence-electron chi connectivity index (χ1n) is 12.4. The van der Waals surface area contributed by atoms with E-state index in [0.717, 1.165) is 34.7 Å². The van der Waals surface area contributed by atoms with Crippen LogP contribution in [0.2, 0.25) is 0 Å². The smallest absolute Gasteiger partial charge is 0.264 e. The summed E-state index contributed by atoms with van der Waals surface area (Å²) in [4.78, 5) is 0.373. The van der Waals surface area contributed by atoms with Crippen LogP contribution in [0, 0.1) is 11.8 Å². The standard InChI is InChI=1S/C28H32N2O2S/c31-33(32,26-9-7-21-3-1-2-4-22(21)18-26)30-16-13-25-17-23(8-10-28(25)30)27-19-24(27)6-5-20-11-14-29-15-12-20/h1-4,7-10,17-18,20,24,27,29H,5-6,11-16,19H2. The third-order valence-corrected chi connectivity index (χ3v) is 9.83. The maximum atomic E-state index is 13.5. The summed E-state index contributed by atoms with van der Waals surface area (Å²) in [6, 6.07) is 19.9. The minimum atomic E-state index is -3.56. The molecule has 4 nitrogen and oxygen atoms in total. The molecular formula is C28H32N2O2S. The summed E-state index contributed by atoms with van der Waals surface area (Å²) in [6.45, 7) is 2.89. The van der Waals surface area contributed by atoms with Crippen LogP contribution in [0.5, 0.6) is 0 Å². The SMILES string of the molecule is O=S(=O)(c1ccc2ccccc2c1)N1CCc2cc(C3CC3CCC3CCNCC3)ccc21. The molecule has 2 fully saturated rings. The molecule has 3 aromatic rings. The van der Waals surface area contributed by atoms with Gasteiger partial charge in [-0.3, -0.25) is 4.31 Å². The normalized spacial score (nSPS) is 23.1. The van der Waals surface area contributed by atoms with Crippen molar-refractivity contribution in [1.29, 1.82) is 0 Å². The Balaban J connectivity index is 1.17. The van der Waals surface area contributed by atoms with Crippen LogP contribution in [-0.2, 0) is 16.4 Å². The van der Waals surface area contributed by atoms with Gasteiger partial charge in [-0.05, 0) is 103 Å². The summed E-state index contributed by atoms with van der Waals surface area (Å²) in [7, 11) is -3.56. The first-order chi connectivity index (χ1) is 16.1. The van der Waals surface area contributed by atoms with E-state index in [9.17, 15) is 8.42 Å². The van der Waals surface area contributed by atoms with Crippen molar-refractivity contribution >= 4 is 26.5 Å². The predicted molar refractivity (Wildman–Crippen MR) is 134 cm³/mol. The van der Waals surface area contributed by atoms with E-state index in [1.54, 1.807) is 16.4 Å². The van der Waals surface area contributed by atoms with Gasteiger partial charge >= 0.3 is 0 Å². The first-order valence-corrected chi connectivity index (χ1v) is 13.9. The lowest BCUT2D eigenvalue weighted by molar-refractivity contribution is 0.340. The lowest BCUT2D eigenvalue weighted by atomic mass is 9.91. The zero-order valence-corrected chi connectivity index (χ0v) is 19.9. The molecule has 3 aromatic carbocycles. The van der Waals surface area contributed by atoms with Crippen molar-refractivity contribution in [1.82, 2.24) is 5.32 Å². The van der Waals surface area contributed by atoms with Crippen molar-refractivity contribution in [2.75, 3.05) is 23.9 Å². The third kappa shape index (κ3) is 4.06. The molecular weight excluding hydrogens is 428 g/mol. The minimum absolute atomic E-state index is 0.373. The van der Waals surface area contributed by atoms with E-state index in [0.29, 0.717) is 17.4 Å². The molecule has 1 saturated carbocycles. The third-order valence-electron chi connectivity index (χ3n) is 8.02. The number of nitrogens with one attached hydrogen (secondary N) is 1. The summed E-state index contributed by atoms with van der Waals surface area (Å²) in [5.41, 5.74) is 3.45. The molecule has 0 spiro atoms. The largest absolute Gasteiger partial charge is 0.317 e. The molecule has 1 N–H and O–H groups in total. The fourth-order valence-electron chi connectivity index (χ4n) is 5.92. The first kappa shape index (κ1) is 21.2. The number of nitrogens with zero attached hydrogens (tertiary/aromatic N) is 1. The second-order valence-corrected chi connectivity index (χ2v) is 12.0. The lowest BCUT2D eigenvalue weighted by Gasteiger charge is -2.22. The van der Waals surface area contributed by atoms with E-state index in [1.165, 1.54) is 56.3 Å². The Hall–Kier alpha value is -2.37. The number of fused-ring (bicyclic) bond motifs is 2. The molecule has 2 heterocycles. The fraction of sp³-hybridized carbons (Fsp3) is 0.429. The molecule has 2 atom stereocenters. The van der Waals surface area contributed by atoms with Crippen molar-refractivity contribution < 1.29 is 8.42 Å². The highest BCUT2D eigenvalue weighted by Crippen LogP contribution is 2.51. The zero-order valence-electron chi connectivity index (χ0n) is 19.0. The fourth-order valence-corrected chi connectivity index (χ4v) is 7.46. The Kier molecular flexibility index (Phi) is 5.42. The zero-order chi connectivity index (χ0) is 22.4. The molecule has 5 heteroatoms. The van der Waals surface area contributed by atoms with E-state index >= 15 is 0 Å². The topological polar surface area (TPSA) is 49.4 Å². The Morgan fingerprint density at radius 3 is 2.58 bits per heavy atom. The number of hydrogen-bond acceptors (Lipinski definition) is 3. The summed E-state index contributed by atoms with van der Waals surface area (Å²) >= 11 is 0. The molecule has 3 aliphatic rings. The number of anilines is 1. The molecule has 0 bridgehead atoms. The van der Waals surface area contributed by atoms with Crippen molar-refractivity contribution in [3.05, 3.63) is 71.8 Å². The Morgan fingerprint density at radius 2 is 1.73 bits per heavy atom. The van der Waals surface area contributed by atoms with E-state index in [4.69, 9.17) is 0 Å². The maximum absolute atomic E-state index is 13.5. The van der Waals surface area contributed by atoms with Gasteiger partial charge in [0.15, 0.2) is 0 Å². The van der Waals surface area contributed by atoms with Gasteiger partial charge < -0.3 is 5.32 Å². The van der Waals surface area contributed by atoms with Crippen LogP contribution in [0.1, 0.15) is 49.1 Å². The average molecular weight is 461 g/mol. The summed E-state index contributed by atoms with van der Waals surface area (Å²) < 4.78 is 28.6. The number of hydrogen-bond donors (Lipinski definition) is 1. The Bertz CT molecular complexity index is 1280. The molecule has 0 aromatic heterocycles. The van der Waals surface area contributed by atoms with Crippen molar-refractivity contribution in [3.63, 3.8) is 0 Å². The Labute approximate surface area is 197 Å². The predicted octanol–water partition coefficient (Wildman–Crippen LogP) is 5.47. The van der Waals surface area contributed by atoms with Gasteiger partial charge in [0.25, 0.3) is 10.0 Å². The highest BCUT2D eigenvalue weighted by atomic mass is 32.2. The second-order valence-electron chi connectivity index (χ2n) is 10.1. The van der Waals surface area contributed by atoms with Crippen LogP contribution in [0.25, 0.3) is 10.8 Å². The average Bonchev–Trinajstić information content (AvgIpc) is 3.51. The van der Waals surface area contributed by atoms with Crippen LogP contribution in [0.4, 0.5) is 5.69 Å². The molecule has 1 aliphatic carbocycles. The molecule has 172 valence electrons. The lowest BCUT2D eigenvalue weighted by Crippen LogP contribution is -2.29. The highest BCUT2D eigenvalue weighted by Gasteiger charge is 2.39. The molecule has 33 heavy (non-hydrogen) atoms. The van der Waals surface area contributed by atoms with Gasteiger partial charge in [0.1, 0.15) is 0 Å². The van der Waals surface area contributed by atoms with Gasteiger partial charge in [-0.25, -0.2) is 8.42 Å². The quantitative estimate of drug-likeness (QED) is 0.530. The summed E-state index contributed by atoms with van der Waals surface area (Å²) in [5.74, 6) is 2.39. The molecule has 6 rings (SSSR count). The van der Waals surface area contributed by atoms with Gasteiger partial charge in [0, 0.05) is 6.54 Å². The van der Waals surface area contributed by atoms with Crippen LogP contribution >= 0.6 is 0 Å². The maximum Gasteiger partial charge on any atom is 0.264 e. The molecule has 2 aliphatic heterocycles. The highest BCUT2D eigenvalue weighted by molar-refractivity contribution is 7.92. The molecule has 2 unspecified atom stereocenters. The van der Waals surface area contributed by atoms with Gasteiger partial charge in [-0.15, -0.1) is 0 Å². The van der Waals surface area contributed by atoms with Crippen LogP contribution in [0.15, 0.2) is 65.6 Å². The van der Waals surface area contributed by atoms with Crippen molar-refractivity contribution in [3.8, 4) is 0 Å². The van der Waals surface area contributed by atoms with Gasteiger partial charge in [-0.1, -0.05) is 48.9 Å². The number of sulfonamides is 1. The second kappa shape index (κ2) is 8.44. The molecule has 0 amide bonds. The monoisotopic (exact) mass is 460 g/mol. The van der Waals surface area contributed by atoms with Gasteiger partial charge in [0.2, 0.25) is 0 Å². The van der Waals surface area contributed by atoms with Crippen LogP contribution < -0.4 is 9.62 Å². The van der Waals surface area contributed by atoms with E-state index in [2.05, 4.69) is 23.5 Å². The summed E-state index contributed by atoms with van der Waals surface area (Å²) in [6.07, 6.45) is 7.46. The Morgan fingerprint density at radius 1 is 0.909 bits per heavy atom. The molecule has 0 radical (unpaired) electrons. The van der Waals surface area contributed by atoms with Crippen molar-refractivity contribution in [2.45, 2.75) is 49.3 Å². The van der Waals surface area contributed by atoms with E-state index in [-0.39, 0.29) is 0 Å². The number of piperidine rings is 1. The van der Waals surface area contributed by atoms with E-state index < -0.39 is 10.0 Å². The number of rotatable bonds is 6. The van der Waals surface area contributed by atoms with Gasteiger partial charge in [0.05, 0.1) is 10.6 Å².